The number of piperidine rings is 1. The van der Waals surface area contributed by atoms with Gasteiger partial charge in [-0.3, -0.25) is 0 Å². The summed E-state index contributed by atoms with van der Waals surface area (Å²) in [6.45, 7) is 7.83. The van der Waals surface area contributed by atoms with Crippen molar-refractivity contribution in [2.45, 2.75) is 39.2 Å². The molecule has 1 aliphatic heterocycles. The minimum atomic E-state index is 0.448. The van der Waals surface area contributed by atoms with Crippen LogP contribution in [0.4, 0.5) is 0 Å². The normalized spacial score (nSPS) is 16.9. The summed E-state index contributed by atoms with van der Waals surface area (Å²) in [5, 5.41) is 9.91. The van der Waals surface area contributed by atoms with Crippen LogP contribution < -0.4 is 0 Å². The highest BCUT2D eigenvalue weighted by molar-refractivity contribution is 5.86. The third-order valence-electron chi connectivity index (χ3n) is 5.06. The molecule has 0 aliphatic carbocycles. The number of furan rings is 1. The molecule has 1 saturated heterocycles. The van der Waals surface area contributed by atoms with Gasteiger partial charge >= 0.3 is 0 Å². The Morgan fingerprint density at radius 2 is 2.00 bits per heavy atom. The first-order valence-corrected chi connectivity index (χ1v) is 8.89. The Labute approximate surface area is 142 Å². The van der Waals surface area contributed by atoms with E-state index in [4.69, 9.17) is 4.42 Å². The molecule has 0 atom stereocenters. The first-order valence-electron chi connectivity index (χ1n) is 8.89. The molecule has 5 nitrogen and oxygen atoms in total. The number of likely N-dealkylation sites (tertiary alicyclic amines) is 1. The molecule has 0 unspecified atom stereocenters. The zero-order chi connectivity index (χ0) is 16.5. The molecule has 1 aromatic carbocycles. The zero-order valence-electron chi connectivity index (χ0n) is 14.4. The fourth-order valence-electron chi connectivity index (χ4n) is 3.70. The number of para-hydroxylation sites is 1. The van der Waals surface area contributed by atoms with E-state index in [9.17, 15) is 0 Å². The van der Waals surface area contributed by atoms with Crippen molar-refractivity contribution in [1.82, 2.24) is 19.9 Å². The molecule has 3 heterocycles. The van der Waals surface area contributed by atoms with E-state index < -0.39 is 0 Å². The molecule has 5 heteroatoms. The van der Waals surface area contributed by atoms with Gasteiger partial charge in [0.25, 0.3) is 0 Å². The standard InChI is InChI=1S/C19H24N4O/c1-3-10-22-11-8-15(9-12-22)23-13-17(20-21-23)19-14(2)16-6-4-5-7-18(16)24-19/h4-7,13,15H,3,8-12H2,1-2H3. The highest BCUT2D eigenvalue weighted by Gasteiger charge is 2.22. The summed E-state index contributed by atoms with van der Waals surface area (Å²) in [6, 6.07) is 8.57. The third-order valence-corrected chi connectivity index (χ3v) is 5.06. The number of aryl methyl sites for hydroxylation is 1. The second kappa shape index (κ2) is 6.40. The number of rotatable bonds is 4. The van der Waals surface area contributed by atoms with Crippen LogP contribution in [0.2, 0.25) is 0 Å². The van der Waals surface area contributed by atoms with Crippen molar-refractivity contribution in [2.75, 3.05) is 19.6 Å². The van der Waals surface area contributed by atoms with Gasteiger partial charge in [0.2, 0.25) is 0 Å². The fraction of sp³-hybridized carbons (Fsp3) is 0.474. The van der Waals surface area contributed by atoms with Gasteiger partial charge in [0.15, 0.2) is 5.76 Å². The monoisotopic (exact) mass is 324 g/mol. The van der Waals surface area contributed by atoms with Gasteiger partial charge in [-0.1, -0.05) is 30.3 Å². The number of aromatic nitrogens is 3. The lowest BCUT2D eigenvalue weighted by molar-refractivity contribution is 0.179. The lowest BCUT2D eigenvalue weighted by Gasteiger charge is -2.31. The molecule has 126 valence electrons. The van der Waals surface area contributed by atoms with Gasteiger partial charge in [0.1, 0.15) is 11.3 Å². The average molecular weight is 324 g/mol. The third kappa shape index (κ3) is 2.73. The molecular weight excluding hydrogens is 300 g/mol. The van der Waals surface area contributed by atoms with E-state index in [0.717, 1.165) is 53.9 Å². The summed E-state index contributed by atoms with van der Waals surface area (Å²) in [5.41, 5.74) is 2.88. The summed E-state index contributed by atoms with van der Waals surface area (Å²) >= 11 is 0. The van der Waals surface area contributed by atoms with Crippen molar-refractivity contribution < 1.29 is 4.42 Å². The Balaban J connectivity index is 1.55. The molecule has 0 amide bonds. The Kier molecular flexibility index (Phi) is 4.10. The predicted molar refractivity (Wildman–Crippen MR) is 95.0 cm³/mol. The number of nitrogens with zero attached hydrogens (tertiary/aromatic N) is 4. The van der Waals surface area contributed by atoms with Crippen molar-refractivity contribution in [3.05, 3.63) is 36.0 Å². The summed E-state index contributed by atoms with van der Waals surface area (Å²) in [6.07, 6.45) is 5.55. The van der Waals surface area contributed by atoms with Crippen LogP contribution in [0.3, 0.4) is 0 Å². The van der Waals surface area contributed by atoms with Crippen molar-refractivity contribution in [2.24, 2.45) is 0 Å². The number of hydrogen-bond donors (Lipinski definition) is 0. The van der Waals surface area contributed by atoms with E-state index >= 15 is 0 Å². The summed E-state index contributed by atoms with van der Waals surface area (Å²) in [4.78, 5) is 2.54. The van der Waals surface area contributed by atoms with Gasteiger partial charge in [-0.25, -0.2) is 4.68 Å². The van der Waals surface area contributed by atoms with Crippen LogP contribution in [0.1, 0.15) is 37.8 Å². The van der Waals surface area contributed by atoms with E-state index in [1.807, 2.05) is 29.1 Å². The molecule has 4 rings (SSSR count). The average Bonchev–Trinajstić information content (AvgIpc) is 3.21. The van der Waals surface area contributed by atoms with Gasteiger partial charge in [0.05, 0.1) is 12.2 Å². The topological polar surface area (TPSA) is 47.1 Å². The quantitative estimate of drug-likeness (QED) is 0.726. The minimum absolute atomic E-state index is 0.448. The molecular formula is C19H24N4O. The van der Waals surface area contributed by atoms with E-state index in [1.54, 1.807) is 0 Å². The number of hydrogen-bond acceptors (Lipinski definition) is 4. The fourth-order valence-corrected chi connectivity index (χ4v) is 3.70. The second-order valence-electron chi connectivity index (χ2n) is 6.71. The molecule has 0 bridgehead atoms. The molecule has 0 spiro atoms. The summed E-state index contributed by atoms with van der Waals surface area (Å²) in [7, 11) is 0. The van der Waals surface area contributed by atoms with Gasteiger partial charge in [-0.15, -0.1) is 5.10 Å². The van der Waals surface area contributed by atoms with Crippen molar-refractivity contribution in [3.8, 4) is 11.5 Å². The van der Waals surface area contributed by atoms with E-state index in [-0.39, 0.29) is 0 Å². The van der Waals surface area contributed by atoms with Crippen molar-refractivity contribution in [1.29, 1.82) is 0 Å². The maximum absolute atomic E-state index is 6.01. The summed E-state index contributed by atoms with van der Waals surface area (Å²) in [5.74, 6) is 0.839. The number of benzene rings is 1. The van der Waals surface area contributed by atoms with Crippen LogP contribution >= 0.6 is 0 Å². The highest BCUT2D eigenvalue weighted by Crippen LogP contribution is 2.32. The zero-order valence-corrected chi connectivity index (χ0v) is 14.4. The van der Waals surface area contributed by atoms with E-state index in [1.165, 1.54) is 13.0 Å². The van der Waals surface area contributed by atoms with Crippen molar-refractivity contribution in [3.63, 3.8) is 0 Å². The largest absolute Gasteiger partial charge is 0.454 e. The van der Waals surface area contributed by atoms with Gasteiger partial charge < -0.3 is 9.32 Å². The Morgan fingerprint density at radius 3 is 2.75 bits per heavy atom. The van der Waals surface area contributed by atoms with Crippen LogP contribution in [-0.4, -0.2) is 39.5 Å². The first-order chi connectivity index (χ1) is 11.8. The number of fused-ring (bicyclic) bond motifs is 1. The Hall–Kier alpha value is -2.14. The minimum Gasteiger partial charge on any atom is -0.454 e. The maximum atomic E-state index is 6.01. The lowest BCUT2D eigenvalue weighted by atomic mass is 10.1. The molecule has 1 aliphatic rings. The molecule has 0 saturated carbocycles. The molecule has 0 N–H and O–H groups in total. The van der Waals surface area contributed by atoms with E-state index in [2.05, 4.69) is 35.1 Å². The van der Waals surface area contributed by atoms with Crippen LogP contribution in [0, 0.1) is 6.92 Å². The first kappa shape index (κ1) is 15.4. The summed E-state index contributed by atoms with van der Waals surface area (Å²) < 4.78 is 8.04. The molecule has 24 heavy (non-hydrogen) atoms. The SMILES string of the molecule is CCCN1CCC(n2cc(-c3oc4ccccc4c3C)nn2)CC1. The molecule has 0 radical (unpaired) electrons. The Bertz CT molecular complexity index is 827. The highest BCUT2D eigenvalue weighted by atomic mass is 16.3. The molecule has 3 aromatic rings. The molecule has 2 aromatic heterocycles. The lowest BCUT2D eigenvalue weighted by Crippen LogP contribution is -2.35. The second-order valence-corrected chi connectivity index (χ2v) is 6.71. The van der Waals surface area contributed by atoms with Gasteiger partial charge in [-0.05, 0) is 38.8 Å². The van der Waals surface area contributed by atoms with Crippen molar-refractivity contribution >= 4 is 11.0 Å². The van der Waals surface area contributed by atoms with Crippen LogP contribution in [-0.2, 0) is 0 Å². The van der Waals surface area contributed by atoms with E-state index in [0.29, 0.717) is 6.04 Å². The predicted octanol–water partition coefficient (Wildman–Crippen LogP) is 4.05. The Morgan fingerprint density at radius 1 is 1.21 bits per heavy atom. The van der Waals surface area contributed by atoms with Crippen LogP contribution in [0.25, 0.3) is 22.4 Å². The smallest absolute Gasteiger partial charge is 0.160 e. The maximum Gasteiger partial charge on any atom is 0.160 e. The van der Waals surface area contributed by atoms with Crippen LogP contribution in [0.5, 0.6) is 0 Å². The van der Waals surface area contributed by atoms with Gasteiger partial charge in [-0.2, -0.15) is 0 Å². The van der Waals surface area contributed by atoms with Crippen LogP contribution in [0.15, 0.2) is 34.9 Å². The van der Waals surface area contributed by atoms with Gasteiger partial charge in [0, 0.05) is 24.0 Å². The molecule has 1 fully saturated rings.